The zero-order valence-corrected chi connectivity index (χ0v) is 13.8. The Labute approximate surface area is 127 Å². The van der Waals surface area contributed by atoms with Gasteiger partial charge in [-0.3, -0.25) is 0 Å². The van der Waals surface area contributed by atoms with Crippen LogP contribution in [-0.4, -0.2) is 28.2 Å². The Bertz CT molecular complexity index is 444. The minimum atomic E-state index is -0.160. The summed E-state index contributed by atoms with van der Waals surface area (Å²) in [4.78, 5) is 8.95. The predicted octanol–water partition coefficient (Wildman–Crippen LogP) is 2.27. The van der Waals surface area contributed by atoms with Gasteiger partial charge in [-0.05, 0) is 12.8 Å². The summed E-state index contributed by atoms with van der Waals surface area (Å²) in [5.41, 5.74) is 2.30. The first-order valence-corrected chi connectivity index (χ1v) is 7.51. The van der Waals surface area contributed by atoms with Crippen LogP contribution in [0.4, 0.5) is 11.6 Å². The molecule has 0 bridgehead atoms. The normalized spacial score (nSPS) is 12.3. The molecule has 1 aromatic rings. The Hall–Kier alpha value is -1.40. The van der Waals surface area contributed by atoms with Gasteiger partial charge in [0.05, 0.1) is 6.61 Å². The molecule has 0 amide bonds. The standard InChI is InChI=1S/C15H29N5O/c1-6-15(7-2,10-21)9-17-11-8-12(20-16)19-13(18-11)14(3,4)5/h8,21H,6-7,9-10,16H2,1-5H3,(H2,17,18,19,20). The molecule has 0 atom stereocenters. The molecule has 0 spiro atoms. The van der Waals surface area contributed by atoms with E-state index < -0.39 is 0 Å². The molecule has 1 aromatic heterocycles. The number of aromatic nitrogens is 2. The van der Waals surface area contributed by atoms with Gasteiger partial charge in [0, 0.05) is 23.4 Å². The molecular weight excluding hydrogens is 266 g/mol. The van der Waals surface area contributed by atoms with Crippen LogP contribution in [0.1, 0.15) is 53.3 Å². The molecule has 1 rings (SSSR count). The van der Waals surface area contributed by atoms with Crippen molar-refractivity contribution in [2.24, 2.45) is 11.3 Å². The van der Waals surface area contributed by atoms with Crippen LogP contribution in [0.2, 0.25) is 0 Å². The molecule has 6 heteroatoms. The van der Waals surface area contributed by atoms with Crippen molar-refractivity contribution < 1.29 is 5.11 Å². The van der Waals surface area contributed by atoms with Gasteiger partial charge >= 0.3 is 0 Å². The molecule has 0 radical (unpaired) electrons. The summed E-state index contributed by atoms with van der Waals surface area (Å²) in [5, 5.41) is 13.0. The second kappa shape index (κ2) is 7.04. The first kappa shape index (κ1) is 17.7. The van der Waals surface area contributed by atoms with Crippen LogP contribution in [0.5, 0.6) is 0 Å². The molecule has 6 nitrogen and oxygen atoms in total. The molecule has 0 aromatic carbocycles. The van der Waals surface area contributed by atoms with Gasteiger partial charge in [0.25, 0.3) is 0 Å². The summed E-state index contributed by atoms with van der Waals surface area (Å²) >= 11 is 0. The molecule has 0 aliphatic heterocycles. The van der Waals surface area contributed by atoms with Gasteiger partial charge in [0.1, 0.15) is 17.5 Å². The molecule has 21 heavy (non-hydrogen) atoms. The summed E-state index contributed by atoms with van der Waals surface area (Å²) in [6, 6.07) is 1.78. The summed E-state index contributed by atoms with van der Waals surface area (Å²) in [6.07, 6.45) is 1.82. The lowest BCUT2D eigenvalue weighted by Gasteiger charge is -2.30. The SMILES string of the molecule is CCC(CC)(CO)CNc1cc(NN)nc(C(C)(C)C)n1. The average Bonchev–Trinajstić information content (AvgIpc) is 2.48. The lowest BCUT2D eigenvalue weighted by molar-refractivity contribution is 0.127. The molecular formula is C15H29N5O. The maximum absolute atomic E-state index is 9.63. The molecule has 5 N–H and O–H groups in total. The Morgan fingerprint density at radius 2 is 1.71 bits per heavy atom. The first-order valence-electron chi connectivity index (χ1n) is 7.51. The lowest BCUT2D eigenvalue weighted by atomic mass is 9.83. The van der Waals surface area contributed by atoms with Crippen molar-refractivity contribution in [2.75, 3.05) is 23.9 Å². The number of anilines is 2. The third kappa shape index (κ3) is 4.54. The van der Waals surface area contributed by atoms with E-state index in [4.69, 9.17) is 5.84 Å². The summed E-state index contributed by atoms with van der Waals surface area (Å²) in [7, 11) is 0. The number of nitrogens with one attached hydrogen (secondary N) is 2. The average molecular weight is 295 g/mol. The minimum Gasteiger partial charge on any atom is -0.396 e. The monoisotopic (exact) mass is 295 g/mol. The molecule has 0 aliphatic carbocycles. The van der Waals surface area contributed by atoms with Gasteiger partial charge in [0.2, 0.25) is 0 Å². The van der Waals surface area contributed by atoms with Gasteiger partial charge in [-0.25, -0.2) is 15.8 Å². The number of nitrogen functional groups attached to an aromatic ring is 1. The van der Waals surface area contributed by atoms with Crippen LogP contribution < -0.4 is 16.6 Å². The highest BCUT2D eigenvalue weighted by molar-refractivity contribution is 5.47. The van der Waals surface area contributed by atoms with Crippen LogP contribution in [0.3, 0.4) is 0 Å². The van der Waals surface area contributed by atoms with Crippen molar-refractivity contribution in [3.05, 3.63) is 11.9 Å². The highest BCUT2D eigenvalue weighted by Crippen LogP contribution is 2.27. The van der Waals surface area contributed by atoms with Gasteiger partial charge in [-0.2, -0.15) is 0 Å². The molecule has 0 unspecified atom stereocenters. The van der Waals surface area contributed by atoms with Crippen molar-refractivity contribution in [1.29, 1.82) is 0 Å². The molecule has 0 aliphatic rings. The van der Waals surface area contributed by atoms with Crippen LogP contribution in [-0.2, 0) is 5.41 Å². The van der Waals surface area contributed by atoms with E-state index in [2.05, 4.69) is 55.3 Å². The zero-order chi connectivity index (χ0) is 16.1. The van der Waals surface area contributed by atoms with Crippen molar-refractivity contribution in [3.8, 4) is 0 Å². The van der Waals surface area contributed by atoms with E-state index in [9.17, 15) is 5.11 Å². The fourth-order valence-electron chi connectivity index (χ4n) is 2.00. The van der Waals surface area contributed by atoms with E-state index in [-0.39, 0.29) is 17.4 Å². The van der Waals surface area contributed by atoms with Gasteiger partial charge in [-0.15, -0.1) is 0 Å². The van der Waals surface area contributed by atoms with Crippen molar-refractivity contribution in [2.45, 2.75) is 52.9 Å². The van der Waals surface area contributed by atoms with E-state index in [1.165, 1.54) is 0 Å². The first-order chi connectivity index (χ1) is 9.80. The smallest absolute Gasteiger partial charge is 0.145 e. The number of rotatable bonds is 7. The number of aliphatic hydroxyl groups is 1. The number of hydrazine groups is 1. The van der Waals surface area contributed by atoms with Gasteiger partial charge in [0.15, 0.2) is 0 Å². The maximum Gasteiger partial charge on any atom is 0.145 e. The fourth-order valence-corrected chi connectivity index (χ4v) is 2.00. The van der Waals surface area contributed by atoms with Crippen molar-refractivity contribution >= 4 is 11.6 Å². The van der Waals surface area contributed by atoms with Crippen LogP contribution >= 0.6 is 0 Å². The van der Waals surface area contributed by atoms with Crippen molar-refractivity contribution in [1.82, 2.24) is 9.97 Å². The number of aliphatic hydroxyl groups excluding tert-OH is 1. The Morgan fingerprint density at radius 1 is 1.14 bits per heavy atom. The van der Waals surface area contributed by atoms with E-state index in [0.29, 0.717) is 12.4 Å². The van der Waals surface area contributed by atoms with E-state index in [1.54, 1.807) is 6.07 Å². The fraction of sp³-hybridized carbons (Fsp3) is 0.733. The largest absolute Gasteiger partial charge is 0.396 e. The summed E-state index contributed by atoms with van der Waals surface area (Å²) in [6.45, 7) is 11.2. The third-order valence-electron chi connectivity index (χ3n) is 4.02. The Kier molecular flexibility index (Phi) is 5.92. The third-order valence-corrected chi connectivity index (χ3v) is 4.02. The number of nitrogens with zero attached hydrogens (tertiary/aromatic N) is 2. The molecule has 0 saturated heterocycles. The second-order valence-corrected chi connectivity index (χ2v) is 6.58. The van der Waals surface area contributed by atoms with Crippen molar-refractivity contribution in [3.63, 3.8) is 0 Å². The van der Waals surface area contributed by atoms with Crippen LogP contribution in [0.15, 0.2) is 6.07 Å². The molecule has 0 fully saturated rings. The van der Waals surface area contributed by atoms with E-state index in [0.717, 1.165) is 24.5 Å². The summed E-state index contributed by atoms with van der Waals surface area (Å²) < 4.78 is 0. The quantitative estimate of drug-likeness (QED) is 0.455. The second-order valence-electron chi connectivity index (χ2n) is 6.58. The topological polar surface area (TPSA) is 96.1 Å². The highest BCUT2D eigenvalue weighted by atomic mass is 16.3. The van der Waals surface area contributed by atoms with E-state index >= 15 is 0 Å². The zero-order valence-electron chi connectivity index (χ0n) is 13.8. The van der Waals surface area contributed by atoms with Crippen LogP contribution in [0.25, 0.3) is 0 Å². The van der Waals surface area contributed by atoms with Gasteiger partial charge in [-0.1, -0.05) is 34.6 Å². The highest BCUT2D eigenvalue weighted by Gasteiger charge is 2.25. The van der Waals surface area contributed by atoms with Gasteiger partial charge < -0.3 is 15.8 Å². The minimum absolute atomic E-state index is 0.122. The van der Waals surface area contributed by atoms with Crippen LogP contribution in [0, 0.1) is 5.41 Å². The number of hydrogen-bond acceptors (Lipinski definition) is 6. The maximum atomic E-state index is 9.63. The molecule has 120 valence electrons. The number of nitrogens with two attached hydrogens (primary N) is 1. The Morgan fingerprint density at radius 3 is 2.14 bits per heavy atom. The molecule has 1 heterocycles. The van der Waals surface area contributed by atoms with E-state index in [1.807, 2.05) is 0 Å². The predicted molar refractivity (Wildman–Crippen MR) is 87.1 cm³/mol. The Balaban J connectivity index is 2.98. The number of hydrogen-bond donors (Lipinski definition) is 4. The molecule has 0 saturated carbocycles. The summed E-state index contributed by atoms with van der Waals surface area (Å²) in [5.74, 6) is 7.52. The lowest BCUT2D eigenvalue weighted by Crippen LogP contribution is -2.32.